The van der Waals surface area contributed by atoms with Gasteiger partial charge < -0.3 is 10.8 Å². The van der Waals surface area contributed by atoms with Crippen LogP contribution in [0.2, 0.25) is 5.02 Å². The summed E-state index contributed by atoms with van der Waals surface area (Å²) < 4.78 is -0.523. The van der Waals surface area contributed by atoms with Crippen LogP contribution in [-0.2, 0) is 9.54 Å². The van der Waals surface area contributed by atoms with Crippen LogP contribution < -0.4 is 5.73 Å². The Hall–Kier alpha value is -2.27. The molecule has 5 heteroatoms. The van der Waals surface area contributed by atoms with Crippen molar-refractivity contribution in [2.24, 2.45) is 5.73 Å². The molecule has 0 aliphatic heterocycles. The largest absolute Gasteiger partial charge is 0.480 e. The molecule has 1 aliphatic rings. The van der Waals surface area contributed by atoms with Gasteiger partial charge in [0.05, 0.1) is 4.75 Å². The monoisotopic (exact) mass is 395 g/mol. The molecule has 0 saturated heterocycles. The number of hydrogen-bond donors (Lipinski definition) is 2. The number of rotatable bonds is 5. The fourth-order valence-corrected chi connectivity index (χ4v) is 5.38. The molecular formula is C22H18ClNO2S. The van der Waals surface area contributed by atoms with Gasteiger partial charge in [0.25, 0.3) is 0 Å². The van der Waals surface area contributed by atoms with Crippen LogP contribution in [0.3, 0.4) is 0 Å². The van der Waals surface area contributed by atoms with E-state index in [2.05, 4.69) is 24.3 Å². The van der Waals surface area contributed by atoms with Crippen LogP contribution in [0.15, 0.2) is 72.8 Å². The van der Waals surface area contributed by atoms with Crippen molar-refractivity contribution in [3.05, 3.63) is 94.5 Å². The second-order valence-electron chi connectivity index (χ2n) is 6.53. The third-order valence-electron chi connectivity index (χ3n) is 4.95. The highest BCUT2D eigenvalue weighted by molar-refractivity contribution is 8.00. The standard InChI is InChI=1S/C22H18ClNO2S/c23-15-11-9-14(10-12-15)22(27-13-20(24)21(25)26)18-7-3-1-5-16(18)17-6-2-4-8-19(17)22/h1-12,20H,13,24H2,(H,25,26)/t20-/m1/s1. The molecule has 1 atom stereocenters. The summed E-state index contributed by atoms with van der Waals surface area (Å²) >= 11 is 7.69. The highest BCUT2D eigenvalue weighted by Gasteiger charge is 2.45. The quantitative estimate of drug-likeness (QED) is 0.653. The van der Waals surface area contributed by atoms with Gasteiger partial charge in [0.2, 0.25) is 0 Å². The number of benzene rings is 3. The summed E-state index contributed by atoms with van der Waals surface area (Å²) in [5.41, 5.74) is 11.5. The molecule has 27 heavy (non-hydrogen) atoms. The van der Waals surface area contributed by atoms with Gasteiger partial charge in [-0.2, -0.15) is 0 Å². The molecule has 0 saturated carbocycles. The Bertz CT molecular complexity index is 958. The van der Waals surface area contributed by atoms with Crippen LogP contribution in [-0.4, -0.2) is 22.9 Å². The van der Waals surface area contributed by atoms with Crippen molar-refractivity contribution in [3.8, 4) is 11.1 Å². The lowest BCUT2D eigenvalue weighted by molar-refractivity contribution is -0.137. The minimum absolute atomic E-state index is 0.292. The third kappa shape index (κ3) is 2.94. The summed E-state index contributed by atoms with van der Waals surface area (Å²) in [5, 5.41) is 9.95. The third-order valence-corrected chi connectivity index (χ3v) is 6.84. The molecule has 4 rings (SSSR count). The summed E-state index contributed by atoms with van der Waals surface area (Å²) in [4.78, 5) is 11.3. The molecule has 0 aromatic heterocycles. The van der Waals surface area contributed by atoms with E-state index in [0.717, 1.165) is 16.7 Å². The zero-order valence-corrected chi connectivity index (χ0v) is 16.0. The molecule has 0 amide bonds. The Kier molecular flexibility index (Phi) is 4.72. The van der Waals surface area contributed by atoms with Gasteiger partial charge >= 0.3 is 5.97 Å². The van der Waals surface area contributed by atoms with Gasteiger partial charge in [0, 0.05) is 10.8 Å². The Balaban J connectivity index is 1.95. The van der Waals surface area contributed by atoms with Crippen LogP contribution in [0.4, 0.5) is 0 Å². The fourth-order valence-electron chi connectivity index (χ4n) is 3.72. The predicted molar refractivity (Wildman–Crippen MR) is 111 cm³/mol. The molecular weight excluding hydrogens is 378 g/mol. The summed E-state index contributed by atoms with van der Waals surface area (Å²) in [5.74, 6) is -0.700. The van der Waals surface area contributed by atoms with Gasteiger partial charge in [-0.05, 0) is 39.9 Å². The number of nitrogens with two attached hydrogens (primary N) is 1. The molecule has 0 bridgehead atoms. The zero-order valence-electron chi connectivity index (χ0n) is 14.4. The lowest BCUT2D eigenvalue weighted by Crippen LogP contribution is -2.35. The van der Waals surface area contributed by atoms with E-state index in [1.807, 2.05) is 48.5 Å². The highest BCUT2D eigenvalue weighted by Crippen LogP contribution is 2.58. The lowest BCUT2D eigenvalue weighted by Gasteiger charge is -2.33. The molecule has 1 aliphatic carbocycles. The van der Waals surface area contributed by atoms with Crippen molar-refractivity contribution < 1.29 is 9.90 Å². The average molecular weight is 396 g/mol. The topological polar surface area (TPSA) is 63.3 Å². The van der Waals surface area contributed by atoms with Gasteiger partial charge in [-0.25, -0.2) is 0 Å². The van der Waals surface area contributed by atoms with Crippen molar-refractivity contribution in [1.29, 1.82) is 0 Å². The molecule has 0 unspecified atom stereocenters. The first-order chi connectivity index (χ1) is 13.0. The highest BCUT2D eigenvalue weighted by atomic mass is 35.5. The zero-order chi connectivity index (χ0) is 19.0. The number of halogens is 1. The van der Waals surface area contributed by atoms with E-state index in [1.165, 1.54) is 11.1 Å². The first-order valence-electron chi connectivity index (χ1n) is 8.62. The maximum absolute atomic E-state index is 11.3. The molecule has 136 valence electrons. The van der Waals surface area contributed by atoms with Crippen LogP contribution in [0.25, 0.3) is 11.1 Å². The van der Waals surface area contributed by atoms with E-state index in [9.17, 15) is 9.90 Å². The molecule has 0 radical (unpaired) electrons. The molecule has 3 N–H and O–H groups in total. The second-order valence-corrected chi connectivity index (χ2v) is 8.21. The normalized spacial score (nSPS) is 15.0. The van der Waals surface area contributed by atoms with E-state index in [1.54, 1.807) is 11.8 Å². The number of aliphatic carboxylic acids is 1. The molecule has 0 heterocycles. The van der Waals surface area contributed by atoms with Crippen molar-refractivity contribution in [2.75, 3.05) is 5.75 Å². The lowest BCUT2D eigenvalue weighted by atomic mass is 9.88. The number of hydrogen-bond acceptors (Lipinski definition) is 3. The van der Waals surface area contributed by atoms with E-state index in [4.69, 9.17) is 17.3 Å². The summed E-state index contributed by atoms with van der Waals surface area (Å²) in [6.45, 7) is 0. The van der Waals surface area contributed by atoms with Crippen LogP contribution >= 0.6 is 23.4 Å². The van der Waals surface area contributed by atoms with E-state index < -0.39 is 16.8 Å². The first-order valence-corrected chi connectivity index (χ1v) is 9.98. The van der Waals surface area contributed by atoms with Gasteiger partial charge in [-0.3, -0.25) is 4.79 Å². The predicted octanol–water partition coefficient (Wildman–Crippen LogP) is 4.76. The molecule has 0 spiro atoms. The van der Waals surface area contributed by atoms with Crippen molar-refractivity contribution in [2.45, 2.75) is 10.8 Å². The first kappa shape index (κ1) is 18.1. The van der Waals surface area contributed by atoms with Gasteiger partial charge in [-0.15, -0.1) is 11.8 Å². The second kappa shape index (κ2) is 7.04. The van der Waals surface area contributed by atoms with Crippen LogP contribution in [0.5, 0.6) is 0 Å². The van der Waals surface area contributed by atoms with Crippen molar-refractivity contribution in [1.82, 2.24) is 0 Å². The number of carbonyl (C=O) groups is 1. The van der Waals surface area contributed by atoms with E-state index in [0.29, 0.717) is 10.8 Å². The Morgan fingerprint density at radius 3 is 2.00 bits per heavy atom. The van der Waals surface area contributed by atoms with Crippen LogP contribution in [0, 0.1) is 0 Å². The van der Waals surface area contributed by atoms with Gasteiger partial charge in [-0.1, -0.05) is 72.3 Å². The maximum atomic E-state index is 11.3. The van der Waals surface area contributed by atoms with Gasteiger partial charge in [0.1, 0.15) is 6.04 Å². The van der Waals surface area contributed by atoms with Gasteiger partial charge in [0.15, 0.2) is 0 Å². The molecule has 0 fully saturated rings. The van der Waals surface area contributed by atoms with Crippen LogP contribution in [0.1, 0.15) is 16.7 Å². The van der Waals surface area contributed by atoms with Crippen molar-refractivity contribution >= 4 is 29.3 Å². The smallest absolute Gasteiger partial charge is 0.321 e. The summed E-state index contributed by atoms with van der Waals surface area (Å²) in [6.07, 6.45) is 0. The molecule has 3 aromatic carbocycles. The summed E-state index contributed by atoms with van der Waals surface area (Å²) in [6, 6.07) is 23.4. The average Bonchev–Trinajstić information content (AvgIpc) is 2.98. The number of carboxylic acids is 1. The Morgan fingerprint density at radius 1 is 0.963 bits per heavy atom. The summed E-state index contributed by atoms with van der Waals surface area (Å²) in [7, 11) is 0. The number of carboxylic acid groups (broad SMARTS) is 1. The van der Waals surface area contributed by atoms with Crippen molar-refractivity contribution in [3.63, 3.8) is 0 Å². The SMILES string of the molecule is N[C@H](CSC1(c2ccc(Cl)cc2)c2ccccc2-c2ccccc21)C(=O)O. The fraction of sp³-hybridized carbons (Fsp3) is 0.136. The Morgan fingerprint density at radius 2 is 1.48 bits per heavy atom. The maximum Gasteiger partial charge on any atom is 0.321 e. The Labute approximate surface area is 167 Å². The molecule has 3 nitrogen and oxygen atoms in total. The van der Waals surface area contributed by atoms with E-state index >= 15 is 0 Å². The minimum atomic E-state index is -0.992. The number of fused-ring (bicyclic) bond motifs is 3. The minimum Gasteiger partial charge on any atom is -0.480 e. The molecule has 3 aromatic rings. The number of thioether (sulfide) groups is 1. The van der Waals surface area contributed by atoms with E-state index in [-0.39, 0.29) is 0 Å².